The second-order valence-corrected chi connectivity index (χ2v) is 7.98. The average Bonchev–Trinajstić information content (AvgIpc) is 2.62. The summed E-state index contributed by atoms with van der Waals surface area (Å²) in [5, 5.41) is 0.423. The number of carbonyl (C=O) groups excluding carboxylic acids is 1. The molecular formula is C19H12Cl2O3S. The first-order valence-corrected chi connectivity index (χ1v) is 9.57. The number of carbonyl (C=O) groups is 1. The molecule has 25 heavy (non-hydrogen) atoms. The lowest BCUT2D eigenvalue weighted by Gasteiger charge is -2.27. The largest absolute Gasteiger partial charge is 0.646 e. The highest BCUT2D eigenvalue weighted by molar-refractivity contribution is 7.92. The van der Waals surface area contributed by atoms with Gasteiger partial charge in [-0.25, -0.2) is 0 Å². The van der Waals surface area contributed by atoms with E-state index >= 15 is 0 Å². The number of Topliss-reactive ketones (excluding diaryl/α,β-unsaturated/α-hetero) is 1. The Labute approximate surface area is 157 Å². The molecule has 0 bridgehead atoms. The van der Waals surface area contributed by atoms with E-state index in [9.17, 15) is 9.35 Å². The summed E-state index contributed by atoms with van der Waals surface area (Å²) in [6, 6.07) is 10.5. The van der Waals surface area contributed by atoms with E-state index in [2.05, 4.69) is 0 Å². The van der Waals surface area contributed by atoms with E-state index in [4.69, 9.17) is 27.9 Å². The lowest BCUT2D eigenvalue weighted by atomic mass is 9.90. The van der Waals surface area contributed by atoms with Gasteiger partial charge in [-0.05, 0) is 24.3 Å². The molecular weight excluding hydrogens is 379 g/mol. The van der Waals surface area contributed by atoms with Crippen LogP contribution in [0.2, 0.25) is 10.0 Å². The molecule has 1 heterocycles. The van der Waals surface area contributed by atoms with Crippen molar-refractivity contribution in [1.82, 2.24) is 0 Å². The van der Waals surface area contributed by atoms with Gasteiger partial charge >= 0.3 is 0 Å². The van der Waals surface area contributed by atoms with Crippen LogP contribution in [-0.2, 0) is 10.8 Å². The summed E-state index contributed by atoms with van der Waals surface area (Å²) < 4.78 is 18.9. The number of thiol groups is 1. The number of halogens is 2. The van der Waals surface area contributed by atoms with Gasteiger partial charge in [0, 0.05) is 0 Å². The van der Waals surface area contributed by atoms with Gasteiger partial charge in [-0.15, -0.1) is 10.8 Å². The number of benzene rings is 2. The third-order valence-corrected chi connectivity index (χ3v) is 6.57. The van der Waals surface area contributed by atoms with Crippen LogP contribution in [0.15, 0.2) is 65.6 Å². The maximum absolute atomic E-state index is 13.1. The van der Waals surface area contributed by atoms with Gasteiger partial charge in [-0.3, -0.25) is 4.79 Å². The van der Waals surface area contributed by atoms with Crippen LogP contribution in [0.3, 0.4) is 0 Å². The van der Waals surface area contributed by atoms with Gasteiger partial charge < -0.3 is 9.29 Å². The molecule has 0 spiro atoms. The second kappa shape index (κ2) is 6.46. The van der Waals surface area contributed by atoms with Crippen molar-refractivity contribution in [3.63, 3.8) is 0 Å². The highest BCUT2D eigenvalue weighted by Crippen LogP contribution is 2.44. The minimum absolute atomic E-state index is 0.197. The molecule has 2 aliphatic rings. The minimum atomic E-state index is -1.98. The Kier molecular flexibility index (Phi) is 4.29. The summed E-state index contributed by atoms with van der Waals surface area (Å²) in [7, 11) is -1.98. The quantitative estimate of drug-likeness (QED) is 0.422. The normalized spacial score (nSPS) is 21.1. The highest BCUT2D eigenvalue weighted by atomic mass is 35.5. The third kappa shape index (κ3) is 2.75. The molecule has 3 nitrogen and oxygen atoms in total. The summed E-state index contributed by atoms with van der Waals surface area (Å²) in [5.74, 6) is -0.0577. The molecule has 2 unspecified atom stereocenters. The van der Waals surface area contributed by atoms with Crippen molar-refractivity contribution in [2.45, 2.75) is 4.90 Å². The number of ketones is 1. The first-order valence-electron chi connectivity index (χ1n) is 7.56. The number of allylic oxidation sites excluding steroid dienone is 4. The van der Waals surface area contributed by atoms with Crippen LogP contribution in [0, 0.1) is 5.92 Å². The van der Waals surface area contributed by atoms with Crippen molar-refractivity contribution in [3.05, 3.63) is 76.3 Å². The van der Waals surface area contributed by atoms with E-state index in [0.29, 0.717) is 15.5 Å². The van der Waals surface area contributed by atoms with Crippen molar-refractivity contribution in [2.75, 3.05) is 0 Å². The summed E-state index contributed by atoms with van der Waals surface area (Å²) in [4.78, 5) is 13.9. The lowest BCUT2D eigenvalue weighted by molar-refractivity contribution is 0.0966. The molecule has 126 valence electrons. The lowest BCUT2D eigenvalue weighted by Crippen LogP contribution is -2.32. The molecule has 0 saturated heterocycles. The molecule has 1 aliphatic carbocycles. The number of hydrogen-bond acceptors (Lipinski definition) is 3. The Morgan fingerprint density at radius 3 is 2.60 bits per heavy atom. The monoisotopic (exact) mass is 390 g/mol. The zero-order valence-electron chi connectivity index (χ0n) is 12.8. The number of ether oxygens (including phenoxy) is 1. The number of hydrogen-bond donors (Lipinski definition) is 0. The predicted molar refractivity (Wildman–Crippen MR) is 102 cm³/mol. The smallest absolute Gasteiger partial charge is 0.187 e. The van der Waals surface area contributed by atoms with E-state index in [-0.39, 0.29) is 27.1 Å². The topological polar surface area (TPSA) is 49.4 Å². The molecule has 4 rings (SSSR count). The maximum atomic E-state index is 13.1. The Morgan fingerprint density at radius 1 is 1.08 bits per heavy atom. The summed E-state index contributed by atoms with van der Waals surface area (Å²) in [6.07, 6.45) is 6.98. The van der Waals surface area contributed by atoms with Crippen LogP contribution >= 0.6 is 23.2 Å². The van der Waals surface area contributed by atoms with Crippen LogP contribution in [-0.4, -0.2) is 15.2 Å². The van der Waals surface area contributed by atoms with E-state index in [1.54, 1.807) is 36.4 Å². The van der Waals surface area contributed by atoms with E-state index < -0.39 is 16.7 Å². The zero-order valence-corrected chi connectivity index (χ0v) is 15.2. The first kappa shape index (κ1) is 16.6. The first-order chi connectivity index (χ1) is 12.1. The number of fused-ring (bicyclic) bond motifs is 2. The van der Waals surface area contributed by atoms with Crippen molar-refractivity contribution in [1.29, 1.82) is 0 Å². The molecule has 2 atom stereocenters. The van der Waals surface area contributed by atoms with Crippen LogP contribution in [0.5, 0.6) is 11.5 Å². The molecule has 0 N–H and O–H groups in total. The van der Waals surface area contributed by atoms with Crippen LogP contribution in [0.1, 0.15) is 10.4 Å². The Morgan fingerprint density at radius 2 is 1.84 bits per heavy atom. The van der Waals surface area contributed by atoms with Gasteiger partial charge in [0.15, 0.2) is 11.5 Å². The zero-order chi connectivity index (χ0) is 17.6. The molecule has 2 aromatic carbocycles. The number of rotatable bonds is 2. The van der Waals surface area contributed by atoms with E-state index in [1.165, 1.54) is 6.07 Å². The predicted octanol–water partition coefficient (Wildman–Crippen LogP) is 4.74. The fourth-order valence-corrected chi connectivity index (χ4v) is 5.30. The highest BCUT2D eigenvalue weighted by Gasteiger charge is 2.39. The van der Waals surface area contributed by atoms with Gasteiger partial charge in [0.2, 0.25) is 0 Å². The van der Waals surface area contributed by atoms with Gasteiger partial charge in [0.05, 0.1) is 10.0 Å². The standard InChI is InChI=1S/C19H12Cl2O3S/c20-13-10-14(21)19-16(18(13)24-11-6-2-1-3-7-11)17(22)12-8-4-5-9-15(12)25(19)23/h1-10,12,25H. The fourth-order valence-electron chi connectivity index (χ4n) is 2.96. The Balaban J connectivity index is 1.96. The third-order valence-electron chi connectivity index (χ3n) is 4.09. The maximum Gasteiger partial charge on any atom is 0.187 e. The minimum Gasteiger partial charge on any atom is -0.646 e. The SMILES string of the molecule is O=C1c2c(Oc3ccccc3)c(Cl)cc(Cl)c2[SH+]([O-])=C2C=CC=CC12. The van der Waals surface area contributed by atoms with Gasteiger partial charge in [-0.1, -0.05) is 59.6 Å². The number of para-hydroxylation sites is 1. The molecule has 2 aromatic rings. The van der Waals surface area contributed by atoms with Crippen molar-refractivity contribution in [2.24, 2.45) is 5.92 Å². The van der Waals surface area contributed by atoms with Crippen LogP contribution < -0.4 is 4.74 Å². The summed E-state index contributed by atoms with van der Waals surface area (Å²) >= 11 is 12.6. The van der Waals surface area contributed by atoms with Gasteiger partial charge in [-0.2, -0.15) is 0 Å². The summed E-state index contributed by atoms with van der Waals surface area (Å²) in [6.45, 7) is 0. The molecule has 0 fully saturated rings. The Hall–Kier alpha value is -1.85. The molecule has 1 aliphatic heterocycles. The van der Waals surface area contributed by atoms with Crippen molar-refractivity contribution in [3.8, 4) is 11.5 Å². The van der Waals surface area contributed by atoms with Crippen molar-refractivity contribution >= 4 is 44.6 Å². The molecule has 0 saturated carbocycles. The molecule has 6 heteroatoms. The summed E-state index contributed by atoms with van der Waals surface area (Å²) in [5.41, 5.74) is 0.205. The second-order valence-electron chi connectivity index (χ2n) is 5.61. The Bertz CT molecular complexity index is 978. The average molecular weight is 391 g/mol. The molecule has 0 aromatic heterocycles. The fraction of sp³-hybridized carbons (Fsp3) is 0.0526. The van der Waals surface area contributed by atoms with Crippen molar-refractivity contribution < 1.29 is 14.1 Å². The van der Waals surface area contributed by atoms with Crippen LogP contribution in [0.4, 0.5) is 0 Å². The van der Waals surface area contributed by atoms with E-state index in [0.717, 1.165) is 0 Å². The van der Waals surface area contributed by atoms with Crippen LogP contribution in [0.25, 0.3) is 0 Å². The molecule has 0 amide bonds. The molecule has 0 radical (unpaired) electrons. The van der Waals surface area contributed by atoms with Gasteiger partial charge in [0.25, 0.3) is 0 Å². The van der Waals surface area contributed by atoms with Gasteiger partial charge in [0.1, 0.15) is 27.0 Å². The van der Waals surface area contributed by atoms with E-state index in [1.807, 2.05) is 18.2 Å².